The lowest BCUT2D eigenvalue weighted by Crippen LogP contribution is -2.36. The number of morpholine rings is 1. The molecule has 0 atom stereocenters. The van der Waals surface area contributed by atoms with Crippen LogP contribution in [0.15, 0.2) is 48.8 Å². The van der Waals surface area contributed by atoms with Gasteiger partial charge in [-0.1, -0.05) is 0 Å². The summed E-state index contributed by atoms with van der Waals surface area (Å²) in [6.07, 6.45) is -1.42. The first-order valence-corrected chi connectivity index (χ1v) is 12.9. The van der Waals surface area contributed by atoms with Crippen LogP contribution in [0, 0.1) is 15.9 Å². The van der Waals surface area contributed by atoms with Gasteiger partial charge in [0.1, 0.15) is 23.1 Å². The molecule has 2 aromatic heterocycles. The normalized spacial score (nSPS) is 14.0. The first-order valence-electron chi connectivity index (χ1n) is 12.9. The fourth-order valence-corrected chi connectivity index (χ4v) is 4.73. The number of fused-ring (bicyclic) bond motifs is 1. The van der Waals surface area contributed by atoms with Gasteiger partial charge in [-0.3, -0.25) is 10.1 Å². The number of alkyl halides is 3. The largest absolute Gasteiger partial charge is 0.482 e. The fourth-order valence-electron chi connectivity index (χ4n) is 4.73. The van der Waals surface area contributed by atoms with Crippen molar-refractivity contribution in [2.75, 3.05) is 57.2 Å². The summed E-state index contributed by atoms with van der Waals surface area (Å²) in [5.74, 6) is -0.435. The van der Waals surface area contributed by atoms with Gasteiger partial charge in [0, 0.05) is 49.5 Å². The number of hydrogen-bond acceptors (Lipinski definition) is 9. The molecule has 0 spiro atoms. The molecule has 0 amide bonds. The molecule has 11 nitrogen and oxygen atoms in total. The predicted octanol–water partition coefficient (Wildman–Crippen LogP) is 5.05. The lowest BCUT2D eigenvalue weighted by molar-refractivity contribution is -0.384. The van der Waals surface area contributed by atoms with Crippen molar-refractivity contribution in [3.8, 4) is 11.6 Å². The molecule has 42 heavy (non-hydrogen) atoms. The van der Waals surface area contributed by atoms with Crippen molar-refractivity contribution < 1.29 is 32.0 Å². The number of nitro groups is 1. The number of hydrogen-bond donors (Lipinski definition) is 1. The van der Waals surface area contributed by atoms with Crippen molar-refractivity contribution in [1.29, 1.82) is 0 Å². The summed E-state index contributed by atoms with van der Waals surface area (Å²) in [6, 6.07) is 8.31. The third-order valence-electron chi connectivity index (χ3n) is 6.49. The van der Waals surface area contributed by atoms with Gasteiger partial charge in [0.05, 0.1) is 29.3 Å². The molecule has 1 saturated heterocycles. The monoisotopic (exact) mass is 589 g/mol. The van der Waals surface area contributed by atoms with Crippen molar-refractivity contribution in [1.82, 2.24) is 19.4 Å². The number of ether oxygens (including phenoxy) is 2. The van der Waals surface area contributed by atoms with E-state index in [9.17, 15) is 27.7 Å². The highest BCUT2D eigenvalue weighted by Crippen LogP contribution is 2.40. The van der Waals surface area contributed by atoms with E-state index in [-0.39, 0.29) is 28.8 Å². The number of nitrogens with one attached hydrogen (secondary N) is 1. The molecule has 0 saturated carbocycles. The van der Waals surface area contributed by atoms with Gasteiger partial charge < -0.3 is 29.2 Å². The second-order valence-corrected chi connectivity index (χ2v) is 9.88. The third kappa shape index (κ3) is 6.52. The van der Waals surface area contributed by atoms with Crippen LogP contribution in [-0.4, -0.2) is 77.5 Å². The predicted molar refractivity (Wildman–Crippen MR) is 147 cm³/mol. The molecule has 0 aliphatic carbocycles. The van der Waals surface area contributed by atoms with Crippen LogP contribution < -0.4 is 15.0 Å². The number of anilines is 3. The molecule has 0 bridgehead atoms. The molecule has 4 aromatic rings. The van der Waals surface area contributed by atoms with Crippen molar-refractivity contribution in [2.24, 2.45) is 0 Å². The van der Waals surface area contributed by atoms with Gasteiger partial charge in [-0.2, -0.15) is 18.2 Å². The van der Waals surface area contributed by atoms with Crippen molar-refractivity contribution in [3.63, 3.8) is 0 Å². The van der Waals surface area contributed by atoms with E-state index in [1.165, 1.54) is 24.4 Å². The molecule has 1 aliphatic heterocycles. The minimum absolute atomic E-state index is 0.0646. The van der Waals surface area contributed by atoms with E-state index in [4.69, 9.17) is 9.47 Å². The summed E-state index contributed by atoms with van der Waals surface area (Å²) in [6.45, 7) is 0.218. The molecule has 0 radical (unpaired) electrons. The summed E-state index contributed by atoms with van der Waals surface area (Å²) in [4.78, 5) is 23.6. The Hall–Kier alpha value is -4.50. The number of nitro benzene ring substituents is 1. The van der Waals surface area contributed by atoms with Gasteiger partial charge in [0.25, 0.3) is 5.69 Å². The number of aromatic nitrogens is 3. The van der Waals surface area contributed by atoms with E-state index >= 15 is 0 Å². The van der Waals surface area contributed by atoms with E-state index < -0.39 is 23.5 Å². The highest BCUT2D eigenvalue weighted by molar-refractivity contribution is 5.85. The first kappa shape index (κ1) is 29.0. The molecule has 5 rings (SSSR count). The Balaban J connectivity index is 1.55. The summed E-state index contributed by atoms with van der Waals surface area (Å²) in [5, 5.41) is 15.6. The average molecular weight is 590 g/mol. The average Bonchev–Trinajstić information content (AvgIpc) is 3.28. The van der Waals surface area contributed by atoms with Crippen molar-refractivity contribution in [3.05, 3.63) is 70.3 Å². The van der Waals surface area contributed by atoms with Crippen LogP contribution in [-0.2, 0) is 11.3 Å². The maximum absolute atomic E-state index is 14.2. The Morgan fingerprint density at radius 2 is 1.93 bits per heavy atom. The Morgan fingerprint density at radius 1 is 1.17 bits per heavy atom. The second kappa shape index (κ2) is 11.8. The fraction of sp³-hybridized carbons (Fsp3) is 0.333. The van der Waals surface area contributed by atoms with Gasteiger partial charge in [-0.15, -0.1) is 0 Å². The summed E-state index contributed by atoms with van der Waals surface area (Å²) in [5.41, 5.74) is 1.11. The highest BCUT2D eigenvalue weighted by atomic mass is 19.4. The third-order valence-corrected chi connectivity index (χ3v) is 6.49. The molecule has 3 heterocycles. The number of nitrogens with zero attached hydrogens (tertiary/aromatic N) is 6. The number of benzene rings is 2. The zero-order valence-corrected chi connectivity index (χ0v) is 22.7. The van der Waals surface area contributed by atoms with Crippen LogP contribution >= 0.6 is 0 Å². The SMILES string of the molecule is CN(C)Cc1cn(-c2ccnc(Nc3cc([N+](=O)[O-])c(N4CCOCC4)cc3OCC(F)(F)F)n2)c2cc(F)ccc12. The minimum atomic E-state index is -4.65. The quantitative estimate of drug-likeness (QED) is 0.163. The molecule has 15 heteroatoms. The Bertz CT molecular complexity index is 1600. The van der Waals surface area contributed by atoms with Crippen molar-refractivity contribution >= 4 is 33.9 Å². The number of halogens is 4. The van der Waals surface area contributed by atoms with Crippen LogP contribution in [0.3, 0.4) is 0 Å². The molecule has 1 aliphatic rings. The van der Waals surface area contributed by atoms with Crippen LogP contribution in [0.4, 0.5) is 40.6 Å². The van der Waals surface area contributed by atoms with E-state index in [0.29, 0.717) is 44.2 Å². The topological polar surface area (TPSA) is 111 Å². The molecule has 1 N–H and O–H groups in total. The molecule has 1 fully saturated rings. The standard InChI is InChI=1S/C27H27F4N7O4/c1-35(2)14-17-15-37(21-11-18(28)3-4-19(17)21)25-5-6-32-26(34-25)33-20-12-23(38(39)40)22(36-7-9-41-10-8-36)13-24(20)42-16-27(29,30)31/h3-6,11-13,15H,7-10,14,16H2,1-2H3,(H,32,33,34). The lowest BCUT2D eigenvalue weighted by atomic mass is 10.1. The summed E-state index contributed by atoms with van der Waals surface area (Å²) in [7, 11) is 3.81. The molecule has 2 aromatic carbocycles. The Labute approximate surface area is 237 Å². The van der Waals surface area contributed by atoms with Gasteiger partial charge in [0.15, 0.2) is 6.61 Å². The van der Waals surface area contributed by atoms with Gasteiger partial charge in [0.2, 0.25) is 5.95 Å². The Morgan fingerprint density at radius 3 is 2.62 bits per heavy atom. The maximum atomic E-state index is 14.2. The summed E-state index contributed by atoms with van der Waals surface area (Å²) >= 11 is 0. The zero-order chi connectivity index (χ0) is 30.0. The van der Waals surface area contributed by atoms with Crippen LogP contribution in [0.5, 0.6) is 5.75 Å². The Kier molecular flexibility index (Phi) is 8.13. The van der Waals surface area contributed by atoms with Crippen LogP contribution in [0.1, 0.15) is 5.56 Å². The minimum Gasteiger partial charge on any atom is -0.482 e. The van der Waals surface area contributed by atoms with Gasteiger partial charge >= 0.3 is 6.18 Å². The molecule has 222 valence electrons. The lowest BCUT2D eigenvalue weighted by Gasteiger charge is -2.29. The molecular weight excluding hydrogens is 562 g/mol. The van der Waals surface area contributed by atoms with Crippen LogP contribution in [0.25, 0.3) is 16.7 Å². The zero-order valence-electron chi connectivity index (χ0n) is 22.7. The summed E-state index contributed by atoms with van der Waals surface area (Å²) < 4.78 is 65.6. The van der Waals surface area contributed by atoms with Crippen molar-refractivity contribution in [2.45, 2.75) is 12.7 Å². The first-order chi connectivity index (χ1) is 20.0. The van der Waals surface area contributed by atoms with E-state index in [1.54, 1.807) is 21.6 Å². The maximum Gasteiger partial charge on any atom is 0.422 e. The van der Waals surface area contributed by atoms with Gasteiger partial charge in [-0.25, -0.2) is 9.37 Å². The van der Waals surface area contributed by atoms with Crippen LogP contribution in [0.2, 0.25) is 0 Å². The highest BCUT2D eigenvalue weighted by Gasteiger charge is 2.31. The van der Waals surface area contributed by atoms with E-state index in [2.05, 4.69) is 15.3 Å². The van der Waals surface area contributed by atoms with E-state index in [1.807, 2.05) is 25.2 Å². The van der Waals surface area contributed by atoms with Gasteiger partial charge in [-0.05, 0) is 43.9 Å². The number of rotatable bonds is 9. The second-order valence-electron chi connectivity index (χ2n) is 9.88. The molecule has 0 unspecified atom stereocenters. The van der Waals surface area contributed by atoms with E-state index in [0.717, 1.165) is 17.0 Å². The smallest absolute Gasteiger partial charge is 0.422 e. The molecular formula is C27H27F4N7O4.